The smallest absolute Gasteiger partial charge is 0.256 e. The number of carbonyl (C=O) groups excluding carboxylic acids is 3. The van der Waals surface area contributed by atoms with E-state index in [-0.39, 0.29) is 49.6 Å². The largest absolute Gasteiger partial charge is 0.393 e. The van der Waals surface area contributed by atoms with Gasteiger partial charge in [-0.3, -0.25) is 14.4 Å². The number of carbonyl (C=O) groups is 3. The van der Waals surface area contributed by atoms with Crippen molar-refractivity contribution in [2.45, 2.75) is 64.2 Å². The van der Waals surface area contributed by atoms with Crippen LogP contribution in [0.4, 0.5) is 10.1 Å². The Kier molecular flexibility index (Phi) is 7.56. The van der Waals surface area contributed by atoms with Crippen molar-refractivity contribution in [2.75, 3.05) is 11.9 Å². The molecule has 1 aliphatic heterocycles. The highest BCUT2D eigenvalue weighted by Gasteiger charge is 2.27. The van der Waals surface area contributed by atoms with Crippen molar-refractivity contribution in [1.82, 2.24) is 15.6 Å². The molecule has 0 spiro atoms. The summed E-state index contributed by atoms with van der Waals surface area (Å²) in [6.07, 6.45) is 1.90. The third kappa shape index (κ3) is 6.00. The van der Waals surface area contributed by atoms with Gasteiger partial charge in [-0.15, -0.1) is 0 Å². The summed E-state index contributed by atoms with van der Waals surface area (Å²) in [5, 5.41) is 28.5. The molecular formula is C26H31FN4O5. The number of fused-ring (bicyclic) bond motifs is 1. The Bertz CT molecular complexity index is 1220. The number of rotatable bonds is 10. The molecule has 2 aliphatic rings. The Morgan fingerprint density at radius 3 is 2.69 bits per heavy atom. The molecule has 0 unspecified atom stereocenters. The predicted octanol–water partition coefficient (Wildman–Crippen LogP) is 2.16. The summed E-state index contributed by atoms with van der Waals surface area (Å²) >= 11 is 0. The van der Waals surface area contributed by atoms with E-state index in [4.69, 9.17) is 0 Å². The maximum atomic E-state index is 13.7. The number of nitrogens with one attached hydrogen (secondary N) is 4. The van der Waals surface area contributed by atoms with E-state index in [0.29, 0.717) is 39.3 Å². The van der Waals surface area contributed by atoms with Crippen LogP contribution in [0, 0.1) is 19.7 Å². The molecule has 2 atom stereocenters. The molecular weight excluding hydrogens is 467 g/mol. The topological polar surface area (TPSA) is 144 Å². The van der Waals surface area contributed by atoms with E-state index in [1.54, 1.807) is 19.9 Å². The Morgan fingerprint density at radius 1 is 1.22 bits per heavy atom. The third-order valence-corrected chi connectivity index (χ3v) is 6.43. The van der Waals surface area contributed by atoms with Gasteiger partial charge in [0.1, 0.15) is 5.82 Å². The van der Waals surface area contributed by atoms with Gasteiger partial charge in [-0.1, -0.05) is 0 Å². The molecule has 2 aromatic rings. The molecule has 36 heavy (non-hydrogen) atoms. The van der Waals surface area contributed by atoms with E-state index in [0.717, 1.165) is 12.8 Å². The van der Waals surface area contributed by atoms with E-state index >= 15 is 0 Å². The SMILES string of the molecule is Cc1[nH]c(C=C2C(=O)Nc3ccc(F)cc32)c(C)c1C(=O)NCC[C@@H](O)C[C@@H](O)CC(=O)NC1CC1. The number of H-pyrrole nitrogens is 1. The van der Waals surface area contributed by atoms with E-state index in [1.165, 1.54) is 18.2 Å². The van der Waals surface area contributed by atoms with Gasteiger partial charge in [0, 0.05) is 35.2 Å². The van der Waals surface area contributed by atoms with Crippen LogP contribution in [0.5, 0.6) is 0 Å². The second-order valence-electron chi connectivity index (χ2n) is 9.50. The van der Waals surface area contributed by atoms with Gasteiger partial charge in [0.05, 0.1) is 29.8 Å². The van der Waals surface area contributed by atoms with Crippen molar-refractivity contribution in [3.05, 3.63) is 52.1 Å². The lowest BCUT2D eigenvalue weighted by atomic mass is 10.0. The van der Waals surface area contributed by atoms with Crippen LogP contribution in [-0.2, 0) is 9.59 Å². The van der Waals surface area contributed by atoms with Crippen molar-refractivity contribution in [3.8, 4) is 0 Å². The molecule has 0 saturated heterocycles. The molecule has 0 bridgehead atoms. The van der Waals surface area contributed by atoms with Gasteiger partial charge in [-0.25, -0.2) is 4.39 Å². The summed E-state index contributed by atoms with van der Waals surface area (Å²) in [4.78, 5) is 40.1. The minimum atomic E-state index is -0.953. The maximum absolute atomic E-state index is 13.7. The van der Waals surface area contributed by atoms with Crippen molar-refractivity contribution in [3.63, 3.8) is 0 Å². The summed E-state index contributed by atoms with van der Waals surface area (Å²) in [7, 11) is 0. The van der Waals surface area contributed by atoms with Crippen LogP contribution in [0.25, 0.3) is 11.6 Å². The first-order valence-electron chi connectivity index (χ1n) is 12.1. The first-order chi connectivity index (χ1) is 17.1. The van der Waals surface area contributed by atoms with Crippen LogP contribution in [0.3, 0.4) is 0 Å². The summed E-state index contributed by atoms with van der Waals surface area (Å²) in [6, 6.07) is 4.29. The van der Waals surface area contributed by atoms with Crippen molar-refractivity contribution in [2.24, 2.45) is 0 Å². The molecule has 192 valence electrons. The number of hydrogen-bond acceptors (Lipinski definition) is 5. The number of benzene rings is 1. The second kappa shape index (κ2) is 10.6. The summed E-state index contributed by atoms with van der Waals surface area (Å²) in [5.74, 6) is -1.37. The molecule has 2 heterocycles. The zero-order valence-corrected chi connectivity index (χ0v) is 20.3. The lowest BCUT2D eigenvalue weighted by Gasteiger charge is -2.16. The van der Waals surface area contributed by atoms with Crippen LogP contribution < -0.4 is 16.0 Å². The zero-order valence-electron chi connectivity index (χ0n) is 20.3. The first-order valence-corrected chi connectivity index (χ1v) is 12.1. The van der Waals surface area contributed by atoms with Crippen molar-refractivity contribution < 1.29 is 29.0 Å². The predicted molar refractivity (Wildman–Crippen MR) is 133 cm³/mol. The number of amides is 3. The van der Waals surface area contributed by atoms with Gasteiger partial charge >= 0.3 is 0 Å². The number of aliphatic hydroxyl groups excluding tert-OH is 2. The standard InChI is InChI=1S/C26H31FN4O5/c1-13-22(12-20-19-9-15(27)3-6-21(19)31-25(20)35)29-14(2)24(13)26(36)28-8-7-17(32)10-18(33)11-23(34)30-16-4-5-16/h3,6,9,12,16-18,29,32-33H,4-5,7-8,10-11H2,1-2H3,(H,28,36)(H,30,34)(H,31,35)/t17-,18-/m1/s1. The quantitative estimate of drug-likeness (QED) is 0.278. The number of aromatic amines is 1. The van der Waals surface area contributed by atoms with Gasteiger partial charge in [0.25, 0.3) is 11.8 Å². The Labute approximate surface area is 208 Å². The Morgan fingerprint density at radius 2 is 1.97 bits per heavy atom. The molecule has 1 aromatic carbocycles. The highest BCUT2D eigenvalue weighted by molar-refractivity contribution is 6.34. The van der Waals surface area contributed by atoms with Crippen molar-refractivity contribution in [1.29, 1.82) is 0 Å². The lowest BCUT2D eigenvalue weighted by molar-refractivity contribution is -0.123. The van der Waals surface area contributed by atoms with Crippen LogP contribution in [0.15, 0.2) is 18.2 Å². The Balaban J connectivity index is 1.33. The van der Waals surface area contributed by atoms with Gasteiger partial charge in [0.2, 0.25) is 5.91 Å². The molecule has 10 heteroatoms. The number of anilines is 1. The number of aryl methyl sites for hydroxylation is 1. The second-order valence-corrected chi connectivity index (χ2v) is 9.50. The fourth-order valence-electron chi connectivity index (χ4n) is 4.39. The van der Waals surface area contributed by atoms with E-state index < -0.39 is 18.0 Å². The molecule has 1 saturated carbocycles. The average molecular weight is 499 g/mol. The molecule has 1 fully saturated rings. The van der Waals surface area contributed by atoms with Gasteiger partial charge in [-0.05, 0) is 69.4 Å². The minimum Gasteiger partial charge on any atom is -0.393 e. The highest BCUT2D eigenvalue weighted by Crippen LogP contribution is 2.34. The van der Waals surface area contributed by atoms with Crippen LogP contribution in [-0.4, -0.2) is 57.7 Å². The zero-order chi connectivity index (χ0) is 26.0. The molecule has 4 rings (SSSR count). The molecule has 1 aromatic heterocycles. The number of aromatic nitrogens is 1. The lowest BCUT2D eigenvalue weighted by Crippen LogP contribution is -2.32. The van der Waals surface area contributed by atoms with E-state index in [2.05, 4.69) is 20.9 Å². The highest BCUT2D eigenvalue weighted by atomic mass is 19.1. The number of halogens is 1. The molecule has 9 nitrogen and oxygen atoms in total. The summed E-state index contributed by atoms with van der Waals surface area (Å²) in [6.45, 7) is 3.67. The Hall–Kier alpha value is -3.50. The van der Waals surface area contributed by atoms with Gasteiger partial charge in [-0.2, -0.15) is 0 Å². The minimum absolute atomic E-state index is 0.0397. The summed E-state index contributed by atoms with van der Waals surface area (Å²) < 4.78 is 13.7. The monoisotopic (exact) mass is 498 g/mol. The van der Waals surface area contributed by atoms with Crippen molar-refractivity contribution >= 4 is 35.1 Å². The third-order valence-electron chi connectivity index (χ3n) is 6.43. The maximum Gasteiger partial charge on any atom is 0.256 e. The summed E-state index contributed by atoms with van der Waals surface area (Å²) in [5.41, 5.74) is 3.50. The number of aliphatic hydroxyl groups is 2. The van der Waals surface area contributed by atoms with Crippen LogP contribution in [0.1, 0.15) is 65.0 Å². The fraction of sp³-hybridized carbons (Fsp3) is 0.423. The van der Waals surface area contributed by atoms with E-state index in [9.17, 15) is 29.0 Å². The first kappa shape index (κ1) is 25.6. The molecule has 0 radical (unpaired) electrons. The van der Waals surface area contributed by atoms with Gasteiger partial charge < -0.3 is 31.1 Å². The van der Waals surface area contributed by atoms with Crippen LogP contribution in [0.2, 0.25) is 0 Å². The van der Waals surface area contributed by atoms with Crippen LogP contribution >= 0.6 is 0 Å². The van der Waals surface area contributed by atoms with Gasteiger partial charge in [0.15, 0.2) is 0 Å². The fourth-order valence-corrected chi connectivity index (χ4v) is 4.39. The normalized spacial score (nSPS) is 17.5. The molecule has 1 aliphatic carbocycles. The van der Waals surface area contributed by atoms with E-state index in [1.807, 2.05) is 0 Å². The molecule has 3 amide bonds. The molecule has 6 N–H and O–H groups in total. The average Bonchev–Trinajstić information content (AvgIpc) is 3.49. The number of hydrogen-bond donors (Lipinski definition) is 6.